The number of amides is 1. The van der Waals surface area contributed by atoms with Crippen molar-refractivity contribution in [1.29, 1.82) is 0 Å². The molecule has 3 aromatic heterocycles. The molecule has 18 heteroatoms. The summed E-state index contributed by atoms with van der Waals surface area (Å²) < 4.78 is 63.5. The van der Waals surface area contributed by atoms with Gasteiger partial charge in [0.15, 0.2) is 5.82 Å². The number of rotatable bonds is 7. The van der Waals surface area contributed by atoms with Gasteiger partial charge in [-0.05, 0) is 130 Å². The third-order valence-electron chi connectivity index (χ3n) is 14.0. The Labute approximate surface area is 379 Å². The summed E-state index contributed by atoms with van der Waals surface area (Å²) in [6.45, 7) is 12.2. The average Bonchev–Trinajstić information content (AvgIpc) is 3.70. The third kappa shape index (κ3) is 6.98. The van der Waals surface area contributed by atoms with E-state index < -0.39 is 44.4 Å². The quantitative estimate of drug-likeness (QED) is 0.123. The van der Waals surface area contributed by atoms with Gasteiger partial charge in [-0.1, -0.05) is 18.1 Å². The van der Waals surface area contributed by atoms with Crippen LogP contribution in [-0.2, 0) is 26.5 Å². The number of carbonyl (C=O) groups excluding carboxylic acids is 1. The number of carbonyl (C=O) groups is 1. The number of nitrogens with zero attached hydrogens (tertiary/aromatic N) is 7. The van der Waals surface area contributed by atoms with Crippen molar-refractivity contribution >= 4 is 38.1 Å². The lowest BCUT2D eigenvalue weighted by Crippen LogP contribution is -2.49. The van der Waals surface area contributed by atoms with E-state index in [1.165, 1.54) is 29.3 Å². The fourth-order valence-electron chi connectivity index (χ4n) is 10.5. The molecule has 6 heterocycles. The Morgan fingerprint density at radius 1 is 1.03 bits per heavy atom. The summed E-state index contributed by atoms with van der Waals surface area (Å²) in [4.78, 5) is 52.3. The first-order valence-electron chi connectivity index (χ1n) is 22.1. The average molecular weight is 920 g/mol. The van der Waals surface area contributed by atoms with Crippen LogP contribution in [0.1, 0.15) is 97.9 Å². The smallest absolute Gasteiger partial charge is 0.402 e. The molecule has 3 aliphatic heterocycles. The largest absolute Gasteiger partial charge is 0.438 e. The number of aromatic amines is 1. The Morgan fingerprint density at radius 2 is 1.77 bits per heavy atom. The van der Waals surface area contributed by atoms with Gasteiger partial charge in [-0.2, -0.15) is 0 Å². The highest BCUT2D eigenvalue weighted by atomic mass is 32.2. The van der Waals surface area contributed by atoms with Crippen molar-refractivity contribution in [2.75, 3.05) is 19.4 Å². The molecule has 2 fully saturated rings. The third-order valence-corrected chi connectivity index (χ3v) is 15.8. The Morgan fingerprint density at radius 3 is 2.45 bits per heavy atom. The van der Waals surface area contributed by atoms with Crippen LogP contribution in [0.15, 0.2) is 101 Å². The number of aromatic nitrogens is 5. The minimum Gasteiger partial charge on any atom is -0.402 e. The predicted molar refractivity (Wildman–Crippen MR) is 245 cm³/mol. The molecule has 0 radical (unpaired) electrons. The number of benzene rings is 3. The van der Waals surface area contributed by atoms with E-state index in [2.05, 4.69) is 40.5 Å². The maximum Gasteiger partial charge on any atom is 0.438 e. The van der Waals surface area contributed by atoms with E-state index in [9.17, 15) is 18.2 Å². The van der Waals surface area contributed by atoms with E-state index in [-0.39, 0.29) is 54.4 Å². The van der Waals surface area contributed by atoms with Gasteiger partial charge in [0.1, 0.15) is 28.7 Å². The van der Waals surface area contributed by atoms with E-state index >= 15 is 9.18 Å². The van der Waals surface area contributed by atoms with Gasteiger partial charge in [-0.3, -0.25) is 23.4 Å². The highest BCUT2D eigenvalue weighted by Crippen LogP contribution is 2.56. The van der Waals surface area contributed by atoms with Gasteiger partial charge in [0.25, 0.3) is 5.91 Å². The second-order valence-electron chi connectivity index (χ2n) is 19.0. The number of hydrogen-bond donors (Lipinski definition) is 2. The standard InChI is InChI=1S/C48H51F2N9O6S/c1-25-16-33(17-26(2)41(25)50)53-42(58-14-13-57(46(58)62)37-20-32-24-52-66(7,63)39(32)21-34(37)49)40-28(4)56(12-10-35(40)51)43(60)38-19-31-18-29(30-11-15-64-47(5,6)23-30)8-9-36(31)59(38)48(22-27(48)3)44-54-45(61)65-55-44/h8-9,13-14,16-21,27-28,30H,10-12,15,22-24,51H2,1-7H3,(H,54,55,61)/t27-,28-,30-,48-,66-/m0/s1. The molecule has 3 N–H and O–H groups in total. The Hall–Kier alpha value is -6.40. The molecule has 0 unspecified atom stereocenters. The van der Waals surface area contributed by atoms with Crippen molar-refractivity contribution in [3.8, 4) is 5.69 Å². The zero-order valence-corrected chi connectivity index (χ0v) is 38.6. The molecular formula is C48H51F2N9O6S. The number of H-pyrrole nitrogens is 1. The van der Waals surface area contributed by atoms with Gasteiger partial charge in [-0.25, -0.2) is 31.9 Å². The van der Waals surface area contributed by atoms with Crippen LogP contribution in [0, 0.1) is 31.4 Å². The number of imidazole rings is 1. The number of hydrogen-bond acceptors (Lipinski definition) is 10. The lowest BCUT2D eigenvalue weighted by Gasteiger charge is -2.37. The van der Waals surface area contributed by atoms with Gasteiger partial charge in [0.05, 0.1) is 44.2 Å². The maximum absolute atomic E-state index is 15.9. The molecule has 4 aliphatic rings. The molecule has 1 aliphatic carbocycles. The van der Waals surface area contributed by atoms with Gasteiger partial charge < -0.3 is 19.9 Å². The lowest BCUT2D eigenvalue weighted by molar-refractivity contribution is -0.0592. The monoisotopic (exact) mass is 919 g/mol. The summed E-state index contributed by atoms with van der Waals surface area (Å²) in [6, 6.07) is 13.1. The molecule has 66 heavy (non-hydrogen) atoms. The first-order valence-corrected chi connectivity index (χ1v) is 24.0. The number of nitrogens with two attached hydrogens (primary N) is 1. The summed E-state index contributed by atoms with van der Waals surface area (Å²) in [5.74, 6) is -1.60. The second-order valence-corrected chi connectivity index (χ2v) is 21.3. The van der Waals surface area contributed by atoms with E-state index in [4.69, 9.17) is 20.0 Å². The number of aliphatic imine (C=N–C) groups is 1. The van der Waals surface area contributed by atoms with Crippen molar-refractivity contribution in [3.05, 3.63) is 139 Å². The van der Waals surface area contributed by atoms with Crippen LogP contribution in [0.5, 0.6) is 0 Å². The molecule has 0 bridgehead atoms. The first kappa shape index (κ1) is 43.5. The molecule has 10 rings (SSSR count). The van der Waals surface area contributed by atoms with E-state index in [1.807, 2.05) is 30.5 Å². The second kappa shape index (κ2) is 15.3. The molecule has 344 valence electrons. The van der Waals surface area contributed by atoms with Crippen LogP contribution in [0.4, 0.5) is 14.5 Å². The summed E-state index contributed by atoms with van der Waals surface area (Å²) >= 11 is 0. The van der Waals surface area contributed by atoms with Crippen molar-refractivity contribution < 1.29 is 27.0 Å². The Kier molecular flexibility index (Phi) is 10.1. The zero-order chi connectivity index (χ0) is 46.8. The summed E-state index contributed by atoms with van der Waals surface area (Å²) in [6.07, 6.45) is 6.79. The van der Waals surface area contributed by atoms with Gasteiger partial charge in [-0.15, -0.1) is 0 Å². The SMILES string of the molecule is Cc1cc(N=C(C2=C(N)CCN(C(=O)c3cc4cc([C@H]5CCOC(C)(C)C5)ccc4n3[C@@]3(c4noc(=O)[nH]4)C[C@@H]3C)[C@H]2C)n2ccn(-c3cc4c(cc3F)[S@](C)(=O)=NC4)c2=O)cc(C)c1F. The van der Waals surface area contributed by atoms with E-state index in [0.717, 1.165) is 39.9 Å². The fourth-order valence-corrected chi connectivity index (χ4v) is 12.0. The summed E-state index contributed by atoms with van der Waals surface area (Å²) in [5.41, 5.74) is 9.54. The van der Waals surface area contributed by atoms with Crippen LogP contribution >= 0.6 is 0 Å². The van der Waals surface area contributed by atoms with Crippen molar-refractivity contribution in [3.63, 3.8) is 0 Å². The predicted octanol–water partition coefficient (Wildman–Crippen LogP) is 7.32. The zero-order valence-electron chi connectivity index (χ0n) is 37.8. The molecule has 1 amide bonds. The van der Waals surface area contributed by atoms with Crippen molar-refractivity contribution in [1.82, 2.24) is 28.7 Å². The van der Waals surface area contributed by atoms with Crippen LogP contribution in [0.3, 0.4) is 0 Å². The molecule has 6 aromatic rings. The number of halogens is 2. The number of nitrogens with one attached hydrogen (secondary N) is 1. The topological polar surface area (TPSA) is 188 Å². The van der Waals surface area contributed by atoms with Crippen molar-refractivity contribution in [2.45, 2.75) is 102 Å². The molecule has 1 saturated carbocycles. The van der Waals surface area contributed by atoms with Gasteiger partial charge in [0.2, 0.25) is 0 Å². The molecule has 1 saturated heterocycles. The normalized spacial score (nSPS) is 25.1. The Balaban J connectivity index is 1.09. The minimum atomic E-state index is -2.77. The molecule has 0 spiro atoms. The number of fused-ring (bicyclic) bond motifs is 2. The van der Waals surface area contributed by atoms with Crippen LogP contribution in [0.2, 0.25) is 0 Å². The highest BCUT2D eigenvalue weighted by Gasteiger charge is 2.59. The molecular weight excluding hydrogens is 869 g/mol. The first-order chi connectivity index (χ1) is 31.3. The lowest BCUT2D eigenvalue weighted by atomic mass is 9.83. The number of ether oxygens (including phenoxy) is 1. The molecule has 15 nitrogen and oxygen atoms in total. The van der Waals surface area contributed by atoms with Crippen LogP contribution < -0.4 is 17.2 Å². The van der Waals surface area contributed by atoms with E-state index in [1.54, 1.807) is 30.9 Å². The van der Waals surface area contributed by atoms with E-state index in [0.29, 0.717) is 63.1 Å². The molecule has 5 atom stereocenters. The highest BCUT2D eigenvalue weighted by molar-refractivity contribution is 7.93. The number of aryl methyl sites for hydroxylation is 2. The maximum atomic E-state index is 15.9. The summed E-state index contributed by atoms with van der Waals surface area (Å²) in [5, 5.41) is 5.00. The summed E-state index contributed by atoms with van der Waals surface area (Å²) in [7, 11) is -2.77. The Bertz CT molecular complexity index is 3340. The van der Waals surface area contributed by atoms with Crippen LogP contribution in [0.25, 0.3) is 16.6 Å². The van der Waals surface area contributed by atoms with Gasteiger partial charge >= 0.3 is 11.4 Å². The molecule has 3 aromatic carbocycles. The van der Waals surface area contributed by atoms with Crippen LogP contribution in [-0.4, -0.2) is 75.7 Å². The van der Waals surface area contributed by atoms with Crippen molar-refractivity contribution in [2.24, 2.45) is 21.0 Å². The minimum absolute atomic E-state index is 0.0329. The fraction of sp³-hybridized carbons (Fsp3) is 0.396. The van der Waals surface area contributed by atoms with Gasteiger partial charge in [0, 0.05) is 60.4 Å².